The summed E-state index contributed by atoms with van der Waals surface area (Å²) in [5.74, 6) is 0.526. The Labute approximate surface area is 170 Å². The van der Waals surface area contributed by atoms with E-state index >= 15 is 0 Å². The highest BCUT2D eigenvalue weighted by Crippen LogP contribution is 2.12. The van der Waals surface area contributed by atoms with Crippen LogP contribution in [0.2, 0.25) is 0 Å². The lowest BCUT2D eigenvalue weighted by Gasteiger charge is -2.08. The van der Waals surface area contributed by atoms with Crippen molar-refractivity contribution in [3.05, 3.63) is 86.9 Å². The van der Waals surface area contributed by atoms with Crippen LogP contribution in [0.25, 0.3) is 16.7 Å². The van der Waals surface area contributed by atoms with E-state index in [2.05, 4.69) is 20.3 Å². The number of benzene rings is 2. The van der Waals surface area contributed by atoms with Gasteiger partial charge in [0, 0.05) is 12.7 Å². The van der Waals surface area contributed by atoms with Gasteiger partial charge in [-0.25, -0.2) is 18.7 Å². The van der Waals surface area contributed by atoms with Crippen molar-refractivity contribution in [1.29, 1.82) is 0 Å². The fraction of sp³-hybridized carbons (Fsp3) is 0.143. The Morgan fingerprint density at radius 2 is 1.97 bits per heavy atom. The quantitative estimate of drug-likeness (QED) is 0.508. The van der Waals surface area contributed by atoms with Crippen molar-refractivity contribution >= 4 is 17.0 Å². The Bertz CT molecular complexity index is 1320. The average molecular weight is 407 g/mol. The summed E-state index contributed by atoms with van der Waals surface area (Å²) in [5.41, 5.74) is 0.0186. The number of halogens is 1. The van der Waals surface area contributed by atoms with Crippen LogP contribution in [0.15, 0.2) is 64.3 Å². The van der Waals surface area contributed by atoms with Crippen molar-refractivity contribution in [2.24, 2.45) is 0 Å². The first-order chi connectivity index (χ1) is 14.5. The molecule has 0 saturated carbocycles. The third-order valence-corrected chi connectivity index (χ3v) is 4.57. The van der Waals surface area contributed by atoms with Gasteiger partial charge in [0.1, 0.15) is 17.0 Å². The monoisotopic (exact) mass is 407 g/mol. The summed E-state index contributed by atoms with van der Waals surface area (Å²) in [7, 11) is 1.62. The summed E-state index contributed by atoms with van der Waals surface area (Å²) in [6.45, 7) is 0.558. The van der Waals surface area contributed by atoms with Gasteiger partial charge in [0.05, 0.1) is 12.8 Å². The Kier molecular flexibility index (Phi) is 5.25. The van der Waals surface area contributed by atoms with Gasteiger partial charge in [-0.05, 0) is 42.3 Å². The summed E-state index contributed by atoms with van der Waals surface area (Å²) >= 11 is 0. The van der Waals surface area contributed by atoms with Crippen molar-refractivity contribution in [2.75, 3.05) is 19.0 Å². The minimum atomic E-state index is -0.707. The van der Waals surface area contributed by atoms with E-state index in [1.54, 1.807) is 7.11 Å². The van der Waals surface area contributed by atoms with E-state index in [9.17, 15) is 14.0 Å². The smallest absolute Gasteiger partial charge is 0.334 e. The van der Waals surface area contributed by atoms with Crippen LogP contribution in [-0.2, 0) is 6.42 Å². The summed E-state index contributed by atoms with van der Waals surface area (Å²) < 4.78 is 19.5. The van der Waals surface area contributed by atoms with Crippen LogP contribution in [0, 0.1) is 5.82 Å². The molecule has 0 radical (unpaired) electrons. The summed E-state index contributed by atoms with van der Waals surface area (Å²) in [6, 6.07) is 12.9. The molecule has 0 unspecified atom stereocenters. The number of H-pyrrole nitrogens is 1. The topological polar surface area (TPSA) is 102 Å². The molecular formula is C21H18FN5O3. The van der Waals surface area contributed by atoms with Crippen LogP contribution in [0.1, 0.15) is 5.56 Å². The van der Waals surface area contributed by atoms with Crippen molar-refractivity contribution in [2.45, 2.75) is 6.42 Å². The number of ether oxygens (including phenoxy) is 1. The lowest BCUT2D eigenvalue weighted by Crippen LogP contribution is -2.34. The van der Waals surface area contributed by atoms with E-state index in [4.69, 9.17) is 4.74 Å². The number of rotatable bonds is 6. The van der Waals surface area contributed by atoms with Crippen molar-refractivity contribution in [3.8, 4) is 11.4 Å². The zero-order chi connectivity index (χ0) is 21.1. The molecule has 2 heterocycles. The molecule has 4 rings (SSSR count). The van der Waals surface area contributed by atoms with Crippen LogP contribution >= 0.6 is 0 Å². The highest BCUT2D eigenvalue weighted by molar-refractivity contribution is 5.73. The number of nitrogens with one attached hydrogen (secondary N) is 2. The lowest BCUT2D eigenvalue weighted by atomic mass is 10.1. The molecule has 2 aromatic carbocycles. The molecule has 2 N–H and O–H groups in total. The predicted molar refractivity (Wildman–Crippen MR) is 111 cm³/mol. The molecule has 0 saturated heterocycles. The summed E-state index contributed by atoms with van der Waals surface area (Å²) in [6.07, 6.45) is 2.06. The van der Waals surface area contributed by atoms with Gasteiger partial charge < -0.3 is 10.1 Å². The van der Waals surface area contributed by atoms with Crippen molar-refractivity contribution < 1.29 is 9.13 Å². The number of fused-ring (bicyclic) bond motifs is 1. The zero-order valence-electron chi connectivity index (χ0n) is 16.1. The second-order valence-electron chi connectivity index (χ2n) is 6.53. The maximum atomic E-state index is 13.5. The average Bonchev–Trinajstić information content (AvgIpc) is 2.74. The molecule has 2 aromatic heterocycles. The fourth-order valence-electron chi connectivity index (χ4n) is 3.05. The molecule has 0 aliphatic rings. The zero-order valence-corrected chi connectivity index (χ0v) is 16.1. The van der Waals surface area contributed by atoms with Gasteiger partial charge in [-0.15, -0.1) is 0 Å². The number of nitrogens with zero attached hydrogens (tertiary/aromatic N) is 3. The maximum absolute atomic E-state index is 13.5. The van der Waals surface area contributed by atoms with Crippen LogP contribution < -0.4 is 21.3 Å². The number of hydrogen-bond acceptors (Lipinski definition) is 6. The Balaban J connectivity index is 1.56. The van der Waals surface area contributed by atoms with Gasteiger partial charge in [0.15, 0.2) is 5.65 Å². The third-order valence-electron chi connectivity index (χ3n) is 4.57. The molecule has 0 bridgehead atoms. The minimum absolute atomic E-state index is 0.111. The van der Waals surface area contributed by atoms with Gasteiger partial charge in [-0.3, -0.25) is 9.78 Å². The van der Waals surface area contributed by atoms with Gasteiger partial charge in [-0.2, -0.15) is 4.98 Å². The molecule has 0 atom stereocenters. The van der Waals surface area contributed by atoms with E-state index in [1.807, 2.05) is 24.3 Å². The maximum Gasteiger partial charge on any atom is 0.334 e. The molecular weight excluding hydrogens is 389 g/mol. The van der Waals surface area contributed by atoms with Gasteiger partial charge in [0.2, 0.25) is 5.95 Å². The number of anilines is 1. The third kappa shape index (κ3) is 3.90. The molecule has 152 valence electrons. The van der Waals surface area contributed by atoms with Crippen LogP contribution in [-0.4, -0.2) is 33.2 Å². The molecule has 0 spiro atoms. The highest BCUT2D eigenvalue weighted by atomic mass is 19.1. The summed E-state index contributed by atoms with van der Waals surface area (Å²) in [5, 5.41) is 3.20. The van der Waals surface area contributed by atoms with Crippen molar-refractivity contribution in [1.82, 2.24) is 19.5 Å². The number of hydrogen-bond donors (Lipinski definition) is 2. The lowest BCUT2D eigenvalue weighted by molar-refractivity contribution is 0.414. The summed E-state index contributed by atoms with van der Waals surface area (Å²) in [4.78, 5) is 36.1. The molecule has 0 aliphatic heterocycles. The van der Waals surface area contributed by atoms with Gasteiger partial charge in [0.25, 0.3) is 5.56 Å². The van der Waals surface area contributed by atoms with Crippen molar-refractivity contribution in [3.63, 3.8) is 0 Å². The molecule has 30 heavy (non-hydrogen) atoms. The number of aromatic amines is 1. The first-order valence-electron chi connectivity index (χ1n) is 9.20. The Morgan fingerprint density at radius 1 is 1.17 bits per heavy atom. The van der Waals surface area contributed by atoms with Crippen LogP contribution in [0.4, 0.5) is 10.3 Å². The van der Waals surface area contributed by atoms with Crippen LogP contribution in [0.5, 0.6) is 5.75 Å². The molecule has 4 aromatic rings. The molecule has 0 amide bonds. The number of aromatic nitrogens is 4. The standard InChI is InChI=1S/C21H18FN5O3/c1-30-16-7-5-13(6-8-16)9-10-23-20-24-12-17-18(25-20)26-21(29)27(19(17)28)15-4-2-3-14(22)11-15/h2-8,11-12H,9-10H2,1H3,(H2,23,24,25,26,29). The van der Waals surface area contributed by atoms with Gasteiger partial charge >= 0.3 is 5.69 Å². The largest absolute Gasteiger partial charge is 0.497 e. The van der Waals surface area contributed by atoms with Gasteiger partial charge in [-0.1, -0.05) is 18.2 Å². The Hall–Kier alpha value is -4.01. The fourth-order valence-corrected chi connectivity index (χ4v) is 3.05. The first kappa shape index (κ1) is 19.3. The number of methoxy groups -OCH3 is 1. The second-order valence-corrected chi connectivity index (χ2v) is 6.53. The van der Waals surface area contributed by atoms with E-state index in [0.29, 0.717) is 6.54 Å². The second kappa shape index (κ2) is 8.16. The van der Waals surface area contributed by atoms with E-state index in [0.717, 1.165) is 28.4 Å². The predicted octanol–water partition coefficient (Wildman–Crippen LogP) is 2.27. The normalized spacial score (nSPS) is 10.9. The molecule has 9 heteroatoms. The van der Waals surface area contributed by atoms with E-state index < -0.39 is 17.1 Å². The molecule has 0 aliphatic carbocycles. The van der Waals surface area contributed by atoms with Crippen LogP contribution in [0.3, 0.4) is 0 Å². The minimum Gasteiger partial charge on any atom is -0.497 e. The Morgan fingerprint density at radius 3 is 2.70 bits per heavy atom. The van der Waals surface area contributed by atoms with E-state index in [1.165, 1.54) is 24.4 Å². The SMILES string of the molecule is COc1ccc(CCNc2ncc3c(=O)n(-c4cccc(F)c4)c(=O)[nH]c3n2)cc1. The molecule has 8 nitrogen and oxygen atoms in total. The molecule has 0 fully saturated rings. The highest BCUT2D eigenvalue weighted by Gasteiger charge is 2.12. The first-order valence-corrected chi connectivity index (χ1v) is 9.20. The van der Waals surface area contributed by atoms with E-state index in [-0.39, 0.29) is 22.7 Å².